The molecule has 1 saturated heterocycles. The first-order valence-electron chi connectivity index (χ1n) is 9.23. The summed E-state index contributed by atoms with van der Waals surface area (Å²) in [7, 11) is -3.08. The van der Waals surface area contributed by atoms with Crippen LogP contribution in [0.1, 0.15) is 47.3 Å². The maximum atomic E-state index is 13.3. The van der Waals surface area contributed by atoms with Crippen LogP contribution in [-0.4, -0.2) is 48.8 Å². The maximum absolute atomic E-state index is 13.3. The summed E-state index contributed by atoms with van der Waals surface area (Å²) < 4.78 is 24.1. The Morgan fingerprint density at radius 2 is 2.00 bits per heavy atom. The normalized spacial score (nSPS) is 23.0. The summed E-state index contributed by atoms with van der Waals surface area (Å²) in [6.45, 7) is 4.64. The summed E-state index contributed by atoms with van der Waals surface area (Å²) >= 11 is 0. The van der Waals surface area contributed by atoms with Gasteiger partial charge in [0.05, 0.1) is 22.6 Å². The molecule has 4 rings (SSSR count). The van der Waals surface area contributed by atoms with E-state index in [-0.39, 0.29) is 29.9 Å². The van der Waals surface area contributed by atoms with E-state index in [1.54, 1.807) is 4.90 Å². The van der Waals surface area contributed by atoms with E-state index in [1.807, 2.05) is 38.1 Å². The highest BCUT2D eigenvalue weighted by Crippen LogP contribution is 2.40. The maximum Gasteiger partial charge on any atom is 0.254 e. The molecule has 1 saturated carbocycles. The fourth-order valence-corrected chi connectivity index (χ4v) is 5.40. The van der Waals surface area contributed by atoms with Gasteiger partial charge in [0.1, 0.15) is 0 Å². The van der Waals surface area contributed by atoms with Gasteiger partial charge < -0.3 is 4.90 Å². The molecule has 1 aromatic heterocycles. The Morgan fingerprint density at radius 1 is 1.23 bits per heavy atom. The molecule has 2 fully saturated rings. The zero-order chi connectivity index (χ0) is 18.5. The van der Waals surface area contributed by atoms with Crippen molar-refractivity contribution >= 4 is 26.6 Å². The van der Waals surface area contributed by atoms with Gasteiger partial charge in [0.2, 0.25) is 0 Å². The van der Waals surface area contributed by atoms with Gasteiger partial charge in [-0.2, -0.15) is 0 Å². The number of aryl methyl sites for hydroxylation is 1. The molecule has 5 nitrogen and oxygen atoms in total. The highest BCUT2D eigenvalue weighted by molar-refractivity contribution is 7.91. The predicted octanol–water partition coefficient (Wildman–Crippen LogP) is 2.93. The topological polar surface area (TPSA) is 67.3 Å². The third-order valence-corrected chi connectivity index (χ3v) is 7.12. The van der Waals surface area contributed by atoms with Crippen LogP contribution in [0.25, 0.3) is 10.9 Å². The lowest BCUT2D eigenvalue weighted by Crippen LogP contribution is -2.35. The molecule has 1 amide bonds. The highest BCUT2D eigenvalue weighted by atomic mass is 32.2. The zero-order valence-corrected chi connectivity index (χ0v) is 16.1. The van der Waals surface area contributed by atoms with Crippen molar-refractivity contribution in [3.05, 3.63) is 41.1 Å². The van der Waals surface area contributed by atoms with Crippen LogP contribution in [0.2, 0.25) is 0 Å². The monoisotopic (exact) mass is 372 g/mol. The third-order valence-electron chi connectivity index (χ3n) is 5.24. The van der Waals surface area contributed by atoms with Crippen molar-refractivity contribution in [1.29, 1.82) is 0 Å². The van der Waals surface area contributed by atoms with E-state index in [9.17, 15) is 13.2 Å². The highest BCUT2D eigenvalue weighted by Gasteiger charge is 2.30. The number of carbonyl (C=O) groups excluding carboxylic acids is 1. The lowest BCUT2D eigenvalue weighted by molar-refractivity contribution is 0.0753. The van der Waals surface area contributed by atoms with Crippen LogP contribution in [0.5, 0.6) is 0 Å². The van der Waals surface area contributed by atoms with E-state index in [1.165, 1.54) is 0 Å². The number of rotatable bonds is 2. The van der Waals surface area contributed by atoms with Crippen LogP contribution in [-0.2, 0) is 9.84 Å². The molecule has 2 aliphatic rings. The quantitative estimate of drug-likeness (QED) is 0.813. The largest absolute Gasteiger partial charge is 0.337 e. The molecule has 1 aromatic carbocycles. The molecule has 0 radical (unpaired) electrons. The van der Waals surface area contributed by atoms with Crippen molar-refractivity contribution in [2.75, 3.05) is 24.6 Å². The Labute approximate surface area is 154 Å². The van der Waals surface area contributed by atoms with Gasteiger partial charge in [-0.1, -0.05) is 18.6 Å². The van der Waals surface area contributed by atoms with Crippen molar-refractivity contribution in [3.63, 3.8) is 0 Å². The molecule has 138 valence electrons. The number of pyridine rings is 1. The second-order valence-electron chi connectivity index (χ2n) is 7.86. The molecule has 6 heteroatoms. The summed E-state index contributed by atoms with van der Waals surface area (Å²) in [6.07, 6.45) is 2.24. The van der Waals surface area contributed by atoms with Gasteiger partial charge in [-0.3, -0.25) is 9.78 Å². The van der Waals surface area contributed by atoms with Crippen molar-refractivity contribution < 1.29 is 13.2 Å². The van der Waals surface area contributed by atoms with Crippen molar-refractivity contribution in [3.8, 4) is 0 Å². The SMILES string of the molecule is Cc1ccc2nc(C3CC3)cc(C(=O)N3CCS(=O)(=O)CC(C)C3)c2c1. The standard InChI is InChI=1S/C20H24N2O3S/c1-13-3-6-18-16(9-13)17(10-19(21-18)15-4-5-15)20(23)22-7-8-26(24,25)12-14(2)11-22/h3,6,9-10,14-15H,4-5,7-8,11-12H2,1-2H3. The van der Waals surface area contributed by atoms with Crippen LogP contribution in [0.3, 0.4) is 0 Å². The van der Waals surface area contributed by atoms with E-state index in [4.69, 9.17) is 4.98 Å². The number of amides is 1. The minimum Gasteiger partial charge on any atom is -0.337 e. The fourth-order valence-electron chi connectivity index (χ4n) is 3.77. The Bertz CT molecular complexity index is 980. The average Bonchev–Trinajstić information content (AvgIpc) is 3.41. The van der Waals surface area contributed by atoms with E-state index in [0.29, 0.717) is 18.0 Å². The molecule has 1 unspecified atom stereocenters. The molecule has 1 atom stereocenters. The van der Waals surface area contributed by atoms with Gasteiger partial charge >= 0.3 is 0 Å². The Kier molecular flexibility index (Phi) is 4.26. The Balaban J connectivity index is 1.77. The number of aromatic nitrogens is 1. The molecule has 2 aromatic rings. The Hall–Kier alpha value is -1.95. The number of hydrogen-bond donors (Lipinski definition) is 0. The summed E-state index contributed by atoms with van der Waals surface area (Å²) in [6, 6.07) is 7.93. The van der Waals surface area contributed by atoms with Crippen LogP contribution in [0.4, 0.5) is 0 Å². The molecule has 0 spiro atoms. The fraction of sp³-hybridized carbons (Fsp3) is 0.500. The van der Waals surface area contributed by atoms with Gasteiger partial charge in [0, 0.05) is 30.1 Å². The first-order valence-corrected chi connectivity index (χ1v) is 11.1. The van der Waals surface area contributed by atoms with Gasteiger partial charge in [-0.15, -0.1) is 0 Å². The zero-order valence-electron chi connectivity index (χ0n) is 15.2. The minimum absolute atomic E-state index is 0.0423. The van der Waals surface area contributed by atoms with E-state index in [0.717, 1.165) is 35.0 Å². The number of carbonyl (C=O) groups is 1. The number of sulfone groups is 1. The molecule has 2 heterocycles. The lowest BCUT2D eigenvalue weighted by Gasteiger charge is -2.23. The summed E-state index contributed by atoms with van der Waals surface area (Å²) in [5, 5.41) is 0.860. The predicted molar refractivity (Wildman–Crippen MR) is 102 cm³/mol. The van der Waals surface area contributed by atoms with E-state index >= 15 is 0 Å². The second-order valence-corrected chi connectivity index (χ2v) is 10.1. The number of nitrogens with zero attached hydrogens (tertiary/aromatic N) is 2. The molecule has 1 aliphatic heterocycles. The van der Waals surface area contributed by atoms with Gasteiger partial charge in [0.15, 0.2) is 9.84 Å². The van der Waals surface area contributed by atoms with E-state index < -0.39 is 9.84 Å². The van der Waals surface area contributed by atoms with Crippen molar-refractivity contribution in [2.24, 2.45) is 5.92 Å². The summed E-state index contributed by atoms with van der Waals surface area (Å²) in [4.78, 5) is 19.8. The van der Waals surface area contributed by atoms with Crippen LogP contribution >= 0.6 is 0 Å². The molecular formula is C20H24N2O3S. The molecule has 1 aliphatic carbocycles. The summed E-state index contributed by atoms with van der Waals surface area (Å²) in [5.41, 5.74) is 3.57. The number of fused-ring (bicyclic) bond motifs is 1. The van der Waals surface area contributed by atoms with Crippen LogP contribution < -0.4 is 0 Å². The minimum atomic E-state index is -3.08. The number of benzene rings is 1. The second kappa shape index (κ2) is 6.34. The van der Waals surface area contributed by atoms with Crippen LogP contribution in [0.15, 0.2) is 24.3 Å². The van der Waals surface area contributed by atoms with Crippen molar-refractivity contribution in [1.82, 2.24) is 9.88 Å². The lowest BCUT2D eigenvalue weighted by atomic mass is 10.0. The van der Waals surface area contributed by atoms with Crippen molar-refractivity contribution in [2.45, 2.75) is 32.6 Å². The smallest absolute Gasteiger partial charge is 0.254 e. The van der Waals surface area contributed by atoms with E-state index in [2.05, 4.69) is 0 Å². The van der Waals surface area contributed by atoms with Crippen LogP contribution in [0, 0.1) is 12.8 Å². The molecule has 0 N–H and O–H groups in total. The van der Waals surface area contributed by atoms with Gasteiger partial charge in [-0.25, -0.2) is 8.42 Å². The first kappa shape index (κ1) is 17.5. The number of hydrogen-bond acceptors (Lipinski definition) is 4. The Morgan fingerprint density at radius 3 is 2.73 bits per heavy atom. The molecular weight excluding hydrogens is 348 g/mol. The van der Waals surface area contributed by atoms with Gasteiger partial charge in [-0.05, 0) is 43.9 Å². The molecule has 26 heavy (non-hydrogen) atoms. The third kappa shape index (κ3) is 3.47. The first-order chi connectivity index (χ1) is 12.3. The average molecular weight is 372 g/mol. The van der Waals surface area contributed by atoms with Gasteiger partial charge in [0.25, 0.3) is 5.91 Å². The summed E-state index contributed by atoms with van der Waals surface area (Å²) in [5.74, 6) is 0.523. The molecule has 0 bridgehead atoms.